The lowest BCUT2D eigenvalue weighted by atomic mass is 10.2. The molecule has 0 bridgehead atoms. The Morgan fingerprint density at radius 3 is 3.00 bits per heavy atom. The minimum Gasteiger partial charge on any atom is -0.439 e. The van der Waals surface area contributed by atoms with Crippen molar-refractivity contribution >= 4 is 5.78 Å². The topological polar surface area (TPSA) is 52.3 Å². The number of aryl methyl sites for hydroxylation is 2. The van der Waals surface area contributed by atoms with Crippen LogP contribution < -0.4 is 4.74 Å². The number of hydrogen-bond acceptors (Lipinski definition) is 4. The minimum atomic E-state index is 0.543. The Kier molecular flexibility index (Phi) is 2.87. The Bertz CT molecular complexity index is 720. The van der Waals surface area contributed by atoms with Gasteiger partial charge in [-0.1, -0.05) is 19.1 Å². The van der Waals surface area contributed by atoms with Crippen LogP contribution in [0.2, 0.25) is 0 Å². The van der Waals surface area contributed by atoms with Crippen molar-refractivity contribution in [2.45, 2.75) is 20.3 Å². The first kappa shape index (κ1) is 11.6. The van der Waals surface area contributed by atoms with E-state index in [-0.39, 0.29) is 0 Å². The van der Waals surface area contributed by atoms with E-state index in [0.717, 1.165) is 17.9 Å². The van der Waals surface area contributed by atoms with E-state index in [1.807, 2.05) is 31.2 Å². The summed E-state index contributed by atoms with van der Waals surface area (Å²) in [6.45, 7) is 4.02. The van der Waals surface area contributed by atoms with Gasteiger partial charge in [0.1, 0.15) is 12.1 Å². The largest absolute Gasteiger partial charge is 0.439 e. The Morgan fingerprint density at radius 2 is 2.16 bits per heavy atom. The van der Waals surface area contributed by atoms with Crippen LogP contribution in [0.4, 0.5) is 0 Å². The maximum atomic E-state index is 5.89. The van der Waals surface area contributed by atoms with Crippen LogP contribution in [0.1, 0.15) is 18.2 Å². The van der Waals surface area contributed by atoms with Crippen molar-refractivity contribution in [3.63, 3.8) is 0 Å². The van der Waals surface area contributed by atoms with E-state index in [2.05, 4.69) is 28.1 Å². The average molecular weight is 254 g/mol. The lowest BCUT2D eigenvalue weighted by Crippen LogP contribution is -1.99. The third kappa shape index (κ3) is 2.27. The molecule has 96 valence electrons. The summed E-state index contributed by atoms with van der Waals surface area (Å²) in [5.74, 6) is 1.96. The molecule has 0 radical (unpaired) electrons. The molecular formula is C14H14N4O. The van der Waals surface area contributed by atoms with Crippen molar-refractivity contribution in [1.82, 2.24) is 19.6 Å². The second-order valence-corrected chi connectivity index (χ2v) is 4.31. The van der Waals surface area contributed by atoms with Crippen molar-refractivity contribution in [2.24, 2.45) is 0 Å². The van der Waals surface area contributed by atoms with Crippen LogP contribution in [0.3, 0.4) is 0 Å². The van der Waals surface area contributed by atoms with Crippen molar-refractivity contribution in [1.29, 1.82) is 0 Å². The molecule has 0 aliphatic carbocycles. The molecule has 0 fully saturated rings. The van der Waals surface area contributed by atoms with Crippen LogP contribution in [0.15, 0.2) is 36.7 Å². The standard InChI is InChI=1S/C14H14N4O/c1-3-11-5-4-6-12(8-11)19-13-7-10(2)17-14-15-9-16-18(13)14/h4-9H,3H2,1-2H3. The van der Waals surface area contributed by atoms with Gasteiger partial charge in [0.05, 0.1) is 0 Å². The summed E-state index contributed by atoms with van der Waals surface area (Å²) in [7, 11) is 0. The molecular weight excluding hydrogens is 240 g/mol. The highest BCUT2D eigenvalue weighted by Gasteiger charge is 2.07. The van der Waals surface area contributed by atoms with E-state index in [4.69, 9.17) is 4.74 Å². The van der Waals surface area contributed by atoms with Crippen LogP contribution in [0.25, 0.3) is 5.78 Å². The highest BCUT2D eigenvalue weighted by Crippen LogP contribution is 2.22. The fourth-order valence-electron chi connectivity index (χ4n) is 1.92. The van der Waals surface area contributed by atoms with Crippen molar-refractivity contribution in [2.75, 3.05) is 0 Å². The molecule has 0 amide bonds. The first-order chi connectivity index (χ1) is 9.26. The number of hydrogen-bond donors (Lipinski definition) is 0. The van der Waals surface area contributed by atoms with Gasteiger partial charge in [-0.05, 0) is 31.0 Å². The van der Waals surface area contributed by atoms with E-state index >= 15 is 0 Å². The zero-order chi connectivity index (χ0) is 13.2. The summed E-state index contributed by atoms with van der Waals surface area (Å²) in [5, 5.41) is 4.12. The molecule has 0 saturated carbocycles. The summed E-state index contributed by atoms with van der Waals surface area (Å²) in [5.41, 5.74) is 2.08. The van der Waals surface area contributed by atoms with Crippen molar-refractivity contribution in [3.8, 4) is 11.6 Å². The molecule has 2 aromatic heterocycles. The van der Waals surface area contributed by atoms with Gasteiger partial charge in [0.25, 0.3) is 5.78 Å². The molecule has 0 saturated heterocycles. The van der Waals surface area contributed by atoms with Crippen LogP contribution >= 0.6 is 0 Å². The highest BCUT2D eigenvalue weighted by molar-refractivity contribution is 5.36. The van der Waals surface area contributed by atoms with E-state index in [9.17, 15) is 0 Å². The van der Waals surface area contributed by atoms with Crippen molar-refractivity contribution < 1.29 is 4.74 Å². The number of benzene rings is 1. The third-order valence-electron chi connectivity index (χ3n) is 2.88. The van der Waals surface area contributed by atoms with E-state index in [1.165, 1.54) is 11.9 Å². The number of ether oxygens (including phenoxy) is 1. The monoisotopic (exact) mass is 254 g/mol. The van der Waals surface area contributed by atoms with E-state index in [0.29, 0.717) is 11.7 Å². The predicted molar refractivity (Wildman–Crippen MR) is 71.4 cm³/mol. The number of aromatic nitrogens is 4. The Hall–Kier alpha value is -2.43. The maximum absolute atomic E-state index is 5.89. The van der Waals surface area contributed by atoms with E-state index in [1.54, 1.807) is 4.52 Å². The molecule has 3 rings (SSSR count). The SMILES string of the molecule is CCc1cccc(Oc2cc(C)nc3ncnn23)c1. The van der Waals surface area contributed by atoms with Crippen LogP contribution in [0, 0.1) is 6.92 Å². The summed E-state index contributed by atoms with van der Waals surface area (Å²) in [6, 6.07) is 9.87. The molecule has 19 heavy (non-hydrogen) atoms. The third-order valence-corrected chi connectivity index (χ3v) is 2.88. The smallest absolute Gasteiger partial charge is 0.255 e. The molecule has 0 atom stereocenters. The quantitative estimate of drug-likeness (QED) is 0.721. The summed E-state index contributed by atoms with van der Waals surface area (Å²) >= 11 is 0. The average Bonchev–Trinajstić information content (AvgIpc) is 2.87. The molecule has 5 heteroatoms. The molecule has 0 aliphatic rings. The van der Waals surface area contributed by atoms with Gasteiger partial charge in [-0.2, -0.15) is 14.6 Å². The Morgan fingerprint density at radius 1 is 1.26 bits per heavy atom. The lowest BCUT2D eigenvalue weighted by Gasteiger charge is -2.08. The number of fused-ring (bicyclic) bond motifs is 1. The molecule has 0 unspecified atom stereocenters. The van der Waals surface area contributed by atoms with Crippen LogP contribution in [-0.2, 0) is 6.42 Å². The second kappa shape index (κ2) is 4.68. The van der Waals surface area contributed by atoms with Gasteiger partial charge >= 0.3 is 0 Å². The van der Waals surface area contributed by atoms with Gasteiger partial charge in [0.2, 0.25) is 5.88 Å². The summed E-state index contributed by atoms with van der Waals surface area (Å²) in [4.78, 5) is 8.36. The van der Waals surface area contributed by atoms with Gasteiger partial charge < -0.3 is 4.74 Å². The fourth-order valence-corrected chi connectivity index (χ4v) is 1.92. The second-order valence-electron chi connectivity index (χ2n) is 4.31. The number of nitrogens with zero attached hydrogens (tertiary/aromatic N) is 4. The molecule has 3 aromatic rings. The van der Waals surface area contributed by atoms with Gasteiger partial charge in [-0.15, -0.1) is 0 Å². The van der Waals surface area contributed by atoms with E-state index < -0.39 is 0 Å². The summed E-state index contributed by atoms with van der Waals surface area (Å²) in [6.07, 6.45) is 2.45. The molecule has 0 N–H and O–H groups in total. The highest BCUT2D eigenvalue weighted by atomic mass is 16.5. The fraction of sp³-hybridized carbons (Fsp3) is 0.214. The van der Waals surface area contributed by atoms with Gasteiger partial charge in [0.15, 0.2) is 0 Å². The molecule has 0 aliphatic heterocycles. The Balaban J connectivity index is 2.02. The first-order valence-electron chi connectivity index (χ1n) is 6.20. The number of rotatable bonds is 3. The van der Waals surface area contributed by atoms with Gasteiger partial charge in [-0.25, -0.2) is 4.98 Å². The van der Waals surface area contributed by atoms with Crippen LogP contribution in [-0.4, -0.2) is 19.6 Å². The van der Waals surface area contributed by atoms with Gasteiger partial charge in [0, 0.05) is 11.8 Å². The lowest BCUT2D eigenvalue weighted by molar-refractivity contribution is 0.445. The zero-order valence-corrected chi connectivity index (χ0v) is 10.9. The van der Waals surface area contributed by atoms with Crippen LogP contribution in [0.5, 0.6) is 11.6 Å². The minimum absolute atomic E-state index is 0.543. The zero-order valence-electron chi connectivity index (χ0n) is 10.9. The normalized spacial score (nSPS) is 10.8. The van der Waals surface area contributed by atoms with Gasteiger partial charge in [-0.3, -0.25) is 0 Å². The predicted octanol–water partition coefficient (Wildman–Crippen LogP) is 2.79. The molecule has 5 nitrogen and oxygen atoms in total. The summed E-state index contributed by atoms with van der Waals surface area (Å²) < 4.78 is 7.48. The maximum Gasteiger partial charge on any atom is 0.255 e. The first-order valence-corrected chi connectivity index (χ1v) is 6.20. The molecule has 0 spiro atoms. The molecule has 1 aromatic carbocycles. The Labute approximate surface area is 110 Å². The van der Waals surface area contributed by atoms with Crippen molar-refractivity contribution in [3.05, 3.63) is 47.9 Å². The molecule has 2 heterocycles.